The molecule has 1 saturated carbocycles. The van der Waals surface area contributed by atoms with E-state index in [4.69, 9.17) is 14.4 Å². The first-order chi connectivity index (χ1) is 32.5. The summed E-state index contributed by atoms with van der Waals surface area (Å²) < 4.78 is 11.3. The predicted molar refractivity (Wildman–Crippen MR) is 287 cm³/mol. The molecule has 1 aliphatic rings. The molecule has 7 heteroatoms. The van der Waals surface area contributed by atoms with Crippen LogP contribution in [0.1, 0.15) is 57.6 Å². The van der Waals surface area contributed by atoms with Crippen LogP contribution >= 0.6 is 11.3 Å². The molecular formula is C61H55IrN3OSSi-2. The maximum absolute atomic E-state index is 6.42. The maximum Gasteiger partial charge on any atom is 0.120 e. The van der Waals surface area contributed by atoms with E-state index < -0.39 is 8.07 Å². The van der Waals surface area contributed by atoms with Gasteiger partial charge in [-0.2, -0.15) is 11.3 Å². The Kier molecular flexibility index (Phi) is 12.5. The van der Waals surface area contributed by atoms with Crippen LogP contribution in [0.5, 0.6) is 0 Å². The Morgan fingerprint density at radius 3 is 2.19 bits per heavy atom. The smallest absolute Gasteiger partial charge is 0.120 e. The van der Waals surface area contributed by atoms with Crippen LogP contribution in [0.3, 0.4) is 0 Å². The number of fused-ring (bicyclic) bond motifs is 7. The van der Waals surface area contributed by atoms with Gasteiger partial charge in [0.2, 0.25) is 0 Å². The fraction of sp³-hybridized carbons (Fsp3) is 0.213. The van der Waals surface area contributed by atoms with E-state index in [2.05, 4.69) is 185 Å². The van der Waals surface area contributed by atoms with Crippen molar-refractivity contribution in [2.75, 3.05) is 0 Å². The largest absolute Gasteiger partial charge is 0.501 e. The monoisotopic (exact) mass is 1100 g/mol. The number of furan rings is 1. The third-order valence-corrected chi connectivity index (χ3v) is 17.0. The summed E-state index contributed by atoms with van der Waals surface area (Å²) in [5.74, 6) is 1.67. The number of hydrogen-bond acceptors (Lipinski definition) is 4. The summed E-state index contributed by atoms with van der Waals surface area (Å²) in [6, 6.07) is 60.3. The van der Waals surface area contributed by atoms with Crippen molar-refractivity contribution in [1.29, 1.82) is 0 Å². The fourth-order valence-corrected chi connectivity index (χ4v) is 13.0. The summed E-state index contributed by atoms with van der Waals surface area (Å²) >= 11 is 1.87. The van der Waals surface area contributed by atoms with E-state index in [0.29, 0.717) is 0 Å². The molecule has 0 saturated heterocycles. The predicted octanol–water partition coefficient (Wildman–Crippen LogP) is 16.5. The number of nitrogens with zero attached hydrogens (tertiary/aromatic N) is 3. The van der Waals surface area contributed by atoms with Crippen LogP contribution in [0.15, 0.2) is 162 Å². The van der Waals surface area contributed by atoms with Crippen molar-refractivity contribution in [2.24, 2.45) is 5.92 Å². The molecular weight excluding hydrogens is 1040 g/mol. The van der Waals surface area contributed by atoms with Gasteiger partial charge in [-0.3, -0.25) is 4.98 Å². The molecule has 0 aliphatic heterocycles. The Labute approximate surface area is 418 Å². The minimum Gasteiger partial charge on any atom is -0.501 e. The molecule has 4 heterocycles. The summed E-state index contributed by atoms with van der Waals surface area (Å²) in [5, 5.41) is 6.37. The van der Waals surface area contributed by atoms with Gasteiger partial charge in [0.05, 0.1) is 30.5 Å². The number of thiophene rings is 1. The molecule has 1 fully saturated rings. The second kappa shape index (κ2) is 18.5. The van der Waals surface area contributed by atoms with Gasteiger partial charge in [-0.25, -0.2) is 0 Å². The summed E-state index contributed by atoms with van der Waals surface area (Å²) in [6.07, 6.45) is 9.00. The Balaban J connectivity index is 0.000000162. The molecule has 4 nitrogen and oxygen atoms in total. The van der Waals surface area contributed by atoms with Crippen molar-refractivity contribution < 1.29 is 24.5 Å². The van der Waals surface area contributed by atoms with Crippen molar-refractivity contribution >= 4 is 77.7 Å². The van der Waals surface area contributed by atoms with E-state index in [1.165, 1.54) is 79.7 Å². The summed E-state index contributed by atoms with van der Waals surface area (Å²) in [4.78, 5) is 10.1. The van der Waals surface area contributed by atoms with Crippen LogP contribution in [-0.2, 0) is 31.9 Å². The number of hydrogen-bond donors (Lipinski definition) is 0. The zero-order chi connectivity index (χ0) is 45.9. The zero-order valence-corrected chi connectivity index (χ0v) is 43.8. The van der Waals surface area contributed by atoms with E-state index in [9.17, 15) is 0 Å². The third kappa shape index (κ3) is 8.60. The summed E-state index contributed by atoms with van der Waals surface area (Å²) in [6.45, 7) is 14.1. The molecule has 0 unspecified atom stereocenters. The average molecular weight is 1100 g/mol. The van der Waals surface area contributed by atoms with Crippen LogP contribution in [-0.4, -0.2) is 22.6 Å². The number of para-hydroxylation sites is 3. The van der Waals surface area contributed by atoms with Gasteiger partial charge in [0, 0.05) is 47.6 Å². The first-order valence-electron chi connectivity index (χ1n) is 23.8. The van der Waals surface area contributed by atoms with Crippen molar-refractivity contribution in [2.45, 2.75) is 77.9 Å². The van der Waals surface area contributed by atoms with E-state index >= 15 is 0 Å². The number of pyridine rings is 1. The molecule has 0 N–H and O–H groups in total. The average Bonchev–Trinajstić information content (AvgIpc) is 4.15. The molecule has 0 atom stereocenters. The minimum atomic E-state index is -1.42. The maximum atomic E-state index is 6.42. The van der Waals surface area contributed by atoms with Crippen LogP contribution < -0.4 is 5.19 Å². The van der Waals surface area contributed by atoms with Gasteiger partial charge in [-0.15, -0.1) is 42.0 Å². The second-order valence-electron chi connectivity index (χ2n) is 20.3. The Bertz CT molecular complexity index is 3600. The van der Waals surface area contributed by atoms with Crippen molar-refractivity contribution in [3.63, 3.8) is 0 Å². The van der Waals surface area contributed by atoms with Gasteiger partial charge < -0.3 is 14.0 Å². The number of rotatable bonds is 7. The van der Waals surface area contributed by atoms with Gasteiger partial charge in [0.15, 0.2) is 0 Å². The first-order valence-corrected chi connectivity index (χ1v) is 28.1. The zero-order valence-electron chi connectivity index (χ0n) is 39.6. The number of aromatic nitrogens is 3. The van der Waals surface area contributed by atoms with E-state index in [1.54, 1.807) is 5.56 Å². The quantitative estimate of drug-likeness (QED) is 0.118. The second-order valence-corrected chi connectivity index (χ2v) is 26.4. The van der Waals surface area contributed by atoms with Crippen LogP contribution in [0.25, 0.3) is 92.6 Å². The molecule has 7 aromatic carbocycles. The first kappa shape index (κ1) is 45.8. The van der Waals surface area contributed by atoms with Gasteiger partial charge in [-0.05, 0) is 86.2 Å². The van der Waals surface area contributed by atoms with Gasteiger partial charge >= 0.3 is 0 Å². The molecule has 11 aromatic rings. The normalized spacial score (nSPS) is 13.4. The third-order valence-electron chi connectivity index (χ3n) is 13.7. The van der Waals surface area contributed by atoms with Crippen molar-refractivity contribution in [3.05, 3.63) is 181 Å². The molecule has 12 rings (SSSR count). The topological polar surface area (TPSA) is 43.9 Å². The van der Waals surface area contributed by atoms with E-state index in [0.717, 1.165) is 61.7 Å². The molecule has 1 radical (unpaired) electrons. The van der Waals surface area contributed by atoms with Gasteiger partial charge in [0.1, 0.15) is 5.58 Å². The SMILES string of the molecule is CC(C)(C)c1ccc(-n2c(-c3[c-]ccc4c3oc3ccccc34)nc3ccccc32)c(-c2ccccc2)c1.C[Si](C)(C)c1cnc(-c2[c-]ccc3c2sc2ccccc23)cc1CC1CCCC1.[Ir]. The molecule has 0 spiro atoms. The van der Waals surface area contributed by atoms with E-state index in [-0.39, 0.29) is 25.5 Å². The van der Waals surface area contributed by atoms with Crippen LogP contribution in [0.4, 0.5) is 0 Å². The molecule has 0 bridgehead atoms. The van der Waals surface area contributed by atoms with Gasteiger partial charge in [0.25, 0.3) is 0 Å². The van der Waals surface area contributed by atoms with Crippen molar-refractivity contribution in [3.8, 4) is 39.5 Å². The van der Waals surface area contributed by atoms with Crippen LogP contribution in [0.2, 0.25) is 19.6 Å². The molecule has 4 aromatic heterocycles. The Morgan fingerprint density at radius 2 is 1.41 bits per heavy atom. The van der Waals surface area contributed by atoms with E-state index in [1.807, 2.05) is 41.7 Å². The van der Waals surface area contributed by atoms with Gasteiger partial charge in [-0.1, -0.05) is 179 Å². The molecule has 0 amide bonds. The Hall–Kier alpha value is -5.95. The van der Waals surface area contributed by atoms with Crippen molar-refractivity contribution in [1.82, 2.24) is 14.5 Å². The number of imidazole rings is 1. The molecule has 341 valence electrons. The summed E-state index contributed by atoms with van der Waals surface area (Å²) in [5.41, 5.74) is 13.0. The standard InChI is InChI=1S/C35H27N2O.C26H28NSSi.Ir/c1-35(2,3)24-20-21-30(28(22-24)23-12-5-4-6-13-23)37-31-18-9-8-17-29(31)36-34(37)27-16-11-15-26-25-14-7-10-19-32(25)38-33(26)27;1-29(2,3)25-17-27-23(16-19(25)15-18-9-4-5-10-18)22-13-8-12-21-20-11-6-7-14-24(20)28-26(21)22;/h4-15,17-22H,1-3H3;6-8,11-12,14,16-18H,4-5,9-10,15H2,1-3H3;/q2*-1;. The molecule has 68 heavy (non-hydrogen) atoms. The Morgan fingerprint density at radius 1 is 0.721 bits per heavy atom. The molecule has 1 aliphatic carbocycles. The summed E-state index contributed by atoms with van der Waals surface area (Å²) in [7, 11) is -1.42. The van der Waals surface area contributed by atoms with Crippen LogP contribution in [0, 0.1) is 18.1 Å². The minimum absolute atomic E-state index is 0. The fourth-order valence-electron chi connectivity index (χ4n) is 10.2. The number of benzene rings is 7.